The van der Waals surface area contributed by atoms with Gasteiger partial charge in [0.05, 0.1) is 16.8 Å². The number of benzene rings is 1. The Balaban J connectivity index is 1.52. The Bertz CT molecular complexity index is 1050. The summed E-state index contributed by atoms with van der Waals surface area (Å²) in [5, 5.41) is 0.722. The largest absolute Gasteiger partial charge is 0.348 e. The van der Waals surface area contributed by atoms with Gasteiger partial charge in [0, 0.05) is 43.9 Å². The van der Waals surface area contributed by atoms with Gasteiger partial charge in [0.2, 0.25) is 0 Å². The number of pyridine rings is 1. The molecular weight excluding hydrogens is 344 g/mol. The van der Waals surface area contributed by atoms with E-state index in [1.165, 1.54) is 11.3 Å². The molecule has 5 heteroatoms. The summed E-state index contributed by atoms with van der Waals surface area (Å²) in [7, 11) is 0. The van der Waals surface area contributed by atoms with E-state index in [-0.39, 0.29) is 6.04 Å². The van der Waals surface area contributed by atoms with Gasteiger partial charge in [-0.1, -0.05) is 41.9 Å². The van der Waals surface area contributed by atoms with E-state index in [1.807, 2.05) is 22.7 Å². The summed E-state index contributed by atoms with van der Waals surface area (Å²) in [5.41, 5.74) is 4.66. The smallest absolute Gasteiger partial charge is 0.137 e. The molecular formula is C21H19ClN4. The summed E-state index contributed by atoms with van der Waals surface area (Å²) in [6.07, 6.45) is 6.16. The highest BCUT2D eigenvalue weighted by Crippen LogP contribution is 2.33. The molecule has 1 aliphatic heterocycles. The number of halogens is 1. The second kappa shape index (κ2) is 6.31. The first kappa shape index (κ1) is 15.7. The van der Waals surface area contributed by atoms with Crippen molar-refractivity contribution in [3.8, 4) is 0 Å². The Morgan fingerprint density at radius 2 is 1.85 bits per heavy atom. The first-order chi connectivity index (χ1) is 12.8. The standard InChI is InChI=1S/C21H19ClN4/c22-17-8-9-20-23-18(15-26(20)13-17)14-25-12-11-24-10-4-7-19(24)21(25)16-5-2-1-3-6-16/h1-10,13,15,21H,11-12,14H2. The van der Waals surface area contributed by atoms with E-state index < -0.39 is 0 Å². The van der Waals surface area contributed by atoms with Crippen LogP contribution >= 0.6 is 11.6 Å². The number of aromatic nitrogens is 3. The Morgan fingerprint density at radius 1 is 0.962 bits per heavy atom. The molecule has 0 bridgehead atoms. The van der Waals surface area contributed by atoms with Crippen molar-refractivity contribution in [3.05, 3.63) is 95.2 Å². The molecule has 1 aromatic carbocycles. The van der Waals surface area contributed by atoms with E-state index in [9.17, 15) is 0 Å². The lowest BCUT2D eigenvalue weighted by atomic mass is 10.00. The van der Waals surface area contributed by atoms with E-state index >= 15 is 0 Å². The van der Waals surface area contributed by atoms with Gasteiger partial charge in [-0.2, -0.15) is 0 Å². The number of hydrogen-bond acceptors (Lipinski definition) is 2. The molecule has 0 radical (unpaired) electrons. The molecule has 0 fully saturated rings. The molecule has 4 heterocycles. The maximum atomic E-state index is 6.10. The number of imidazole rings is 1. The highest BCUT2D eigenvalue weighted by atomic mass is 35.5. The van der Waals surface area contributed by atoms with Crippen molar-refractivity contribution in [2.75, 3.05) is 6.54 Å². The lowest BCUT2D eigenvalue weighted by Gasteiger charge is -2.37. The maximum absolute atomic E-state index is 6.10. The predicted octanol–water partition coefficient (Wildman–Crippen LogP) is 4.39. The van der Waals surface area contributed by atoms with Gasteiger partial charge >= 0.3 is 0 Å². The van der Waals surface area contributed by atoms with Crippen molar-refractivity contribution in [1.82, 2.24) is 18.9 Å². The van der Waals surface area contributed by atoms with E-state index in [2.05, 4.69) is 64.3 Å². The van der Waals surface area contributed by atoms with Crippen molar-refractivity contribution >= 4 is 17.2 Å². The van der Waals surface area contributed by atoms with Gasteiger partial charge in [0.15, 0.2) is 0 Å². The van der Waals surface area contributed by atoms with Crippen LogP contribution in [0.4, 0.5) is 0 Å². The normalized spacial score (nSPS) is 17.5. The summed E-state index contributed by atoms with van der Waals surface area (Å²) in [5.74, 6) is 0. The SMILES string of the molecule is Clc1ccc2nc(CN3CCn4cccc4C3c3ccccc3)cn2c1. The van der Waals surface area contributed by atoms with Gasteiger partial charge in [-0.3, -0.25) is 4.90 Å². The number of rotatable bonds is 3. The predicted molar refractivity (Wildman–Crippen MR) is 103 cm³/mol. The summed E-state index contributed by atoms with van der Waals surface area (Å²) in [6, 6.07) is 19.2. The summed E-state index contributed by atoms with van der Waals surface area (Å²) < 4.78 is 4.36. The summed E-state index contributed by atoms with van der Waals surface area (Å²) >= 11 is 6.10. The van der Waals surface area contributed by atoms with Crippen molar-refractivity contribution < 1.29 is 0 Å². The van der Waals surface area contributed by atoms with E-state index in [0.717, 1.165) is 36.0 Å². The number of fused-ring (bicyclic) bond motifs is 2. The third-order valence-electron chi connectivity index (χ3n) is 5.08. The second-order valence-electron chi connectivity index (χ2n) is 6.76. The van der Waals surface area contributed by atoms with Gasteiger partial charge in [0.25, 0.3) is 0 Å². The van der Waals surface area contributed by atoms with Gasteiger partial charge in [-0.05, 0) is 29.8 Å². The lowest BCUT2D eigenvalue weighted by molar-refractivity contribution is 0.173. The molecule has 4 nitrogen and oxygen atoms in total. The van der Waals surface area contributed by atoms with Gasteiger partial charge < -0.3 is 8.97 Å². The molecule has 1 atom stereocenters. The van der Waals surface area contributed by atoms with Crippen LogP contribution in [0, 0.1) is 0 Å². The van der Waals surface area contributed by atoms with Gasteiger partial charge in [-0.25, -0.2) is 4.98 Å². The molecule has 0 saturated heterocycles. The van der Waals surface area contributed by atoms with Crippen LogP contribution in [0.25, 0.3) is 5.65 Å². The topological polar surface area (TPSA) is 25.5 Å². The van der Waals surface area contributed by atoms with Crippen LogP contribution in [0.3, 0.4) is 0 Å². The Kier molecular flexibility index (Phi) is 3.80. The molecule has 3 aromatic heterocycles. The second-order valence-corrected chi connectivity index (χ2v) is 7.19. The Labute approximate surface area is 157 Å². The fourth-order valence-electron chi connectivity index (χ4n) is 3.92. The first-order valence-corrected chi connectivity index (χ1v) is 9.23. The average Bonchev–Trinajstić information content (AvgIpc) is 3.28. The molecule has 1 unspecified atom stereocenters. The minimum atomic E-state index is 0.244. The van der Waals surface area contributed by atoms with E-state index in [0.29, 0.717) is 0 Å². The fraction of sp³-hybridized carbons (Fsp3) is 0.190. The molecule has 0 saturated carbocycles. The molecule has 0 aliphatic carbocycles. The summed E-state index contributed by atoms with van der Waals surface area (Å²) in [6.45, 7) is 2.81. The van der Waals surface area contributed by atoms with Crippen LogP contribution in [-0.4, -0.2) is 25.4 Å². The number of hydrogen-bond donors (Lipinski definition) is 0. The molecule has 0 amide bonds. The maximum Gasteiger partial charge on any atom is 0.137 e. The first-order valence-electron chi connectivity index (χ1n) is 8.85. The quantitative estimate of drug-likeness (QED) is 0.540. The third-order valence-corrected chi connectivity index (χ3v) is 5.31. The minimum Gasteiger partial charge on any atom is -0.348 e. The van der Waals surface area contributed by atoms with Crippen LogP contribution in [0.2, 0.25) is 5.02 Å². The zero-order valence-electron chi connectivity index (χ0n) is 14.3. The Hall–Kier alpha value is -2.56. The molecule has 0 N–H and O–H groups in total. The van der Waals surface area contributed by atoms with Crippen LogP contribution in [0.5, 0.6) is 0 Å². The van der Waals surface area contributed by atoms with Crippen molar-refractivity contribution in [3.63, 3.8) is 0 Å². The highest BCUT2D eigenvalue weighted by Gasteiger charge is 2.29. The molecule has 130 valence electrons. The highest BCUT2D eigenvalue weighted by molar-refractivity contribution is 6.30. The lowest BCUT2D eigenvalue weighted by Crippen LogP contribution is -2.38. The van der Waals surface area contributed by atoms with Gasteiger partial charge in [-0.15, -0.1) is 0 Å². The third kappa shape index (κ3) is 2.71. The monoisotopic (exact) mass is 362 g/mol. The average molecular weight is 363 g/mol. The molecule has 1 aliphatic rings. The Morgan fingerprint density at radius 3 is 2.73 bits per heavy atom. The van der Waals surface area contributed by atoms with Crippen LogP contribution in [-0.2, 0) is 13.1 Å². The number of nitrogens with zero attached hydrogens (tertiary/aromatic N) is 4. The van der Waals surface area contributed by atoms with Crippen LogP contribution < -0.4 is 0 Å². The van der Waals surface area contributed by atoms with Crippen LogP contribution in [0.1, 0.15) is 23.0 Å². The van der Waals surface area contributed by atoms with Crippen LogP contribution in [0.15, 0.2) is 73.2 Å². The van der Waals surface area contributed by atoms with Gasteiger partial charge in [0.1, 0.15) is 5.65 Å². The minimum absolute atomic E-state index is 0.244. The van der Waals surface area contributed by atoms with Crippen molar-refractivity contribution in [1.29, 1.82) is 0 Å². The molecule has 5 rings (SSSR count). The molecule has 4 aromatic rings. The summed E-state index contributed by atoms with van der Waals surface area (Å²) in [4.78, 5) is 7.28. The van der Waals surface area contributed by atoms with E-state index in [4.69, 9.17) is 16.6 Å². The molecule has 26 heavy (non-hydrogen) atoms. The van der Waals surface area contributed by atoms with Crippen molar-refractivity contribution in [2.24, 2.45) is 0 Å². The molecule has 0 spiro atoms. The van der Waals surface area contributed by atoms with E-state index in [1.54, 1.807) is 0 Å². The van der Waals surface area contributed by atoms with Crippen molar-refractivity contribution in [2.45, 2.75) is 19.1 Å². The zero-order chi connectivity index (χ0) is 17.5. The fourth-order valence-corrected chi connectivity index (χ4v) is 4.09. The zero-order valence-corrected chi connectivity index (χ0v) is 15.0.